The lowest BCUT2D eigenvalue weighted by Gasteiger charge is -2.12. The lowest BCUT2D eigenvalue weighted by molar-refractivity contribution is 0.262. The molecule has 0 saturated heterocycles. The third-order valence-electron chi connectivity index (χ3n) is 4.21. The lowest BCUT2D eigenvalue weighted by atomic mass is 10.2. The van der Waals surface area contributed by atoms with Crippen LogP contribution in [0.2, 0.25) is 5.02 Å². The molecule has 0 spiro atoms. The molecule has 1 aromatic heterocycles. The van der Waals surface area contributed by atoms with Gasteiger partial charge in [0, 0.05) is 16.1 Å². The molecule has 0 aliphatic rings. The van der Waals surface area contributed by atoms with E-state index in [9.17, 15) is 14.0 Å². The van der Waals surface area contributed by atoms with Gasteiger partial charge in [0.2, 0.25) is 0 Å². The Kier molecular flexibility index (Phi) is 4.97. The largest absolute Gasteiger partial charge is 0.324 e. The topological polar surface area (TPSA) is 76.0 Å². The molecule has 3 aromatic carbocycles. The van der Waals surface area contributed by atoms with Gasteiger partial charge in [-0.05, 0) is 54.6 Å². The molecule has 0 radical (unpaired) electrons. The van der Waals surface area contributed by atoms with Crippen LogP contribution >= 0.6 is 11.6 Å². The van der Waals surface area contributed by atoms with E-state index in [2.05, 4.69) is 15.7 Å². The Morgan fingerprint density at radius 3 is 2.24 bits per heavy atom. The summed E-state index contributed by atoms with van der Waals surface area (Å²) in [5.41, 5.74) is 0.596. The summed E-state index contributed by atoms with van der Waals surface area (Å²) in [6.45, 7) is 0. The van der Waals surface area contributed by atoms with Gasteiger partial charge in [0.05, 0.1) is 11.1 Å². The van der Waals surface area contributed by atoms with E-state index >= 15 is 0 Å². The zero-order valence-electron chi connectivity index (χ0n) is 14.9. The first kappa shape index (κ1) is 18.6. The van der Waals surface area contributed by atoms with E-state index in [4.69, 9.17) is 11.6 Å². The van der Waals surface area contributed by atoms with Gasteiger partial charge in [-0.1, -0.05) is 29.8 Å². The number of carbonyl (C=O) groups excluding carboxylic acids is 1. The van der Waals surface area contributed by atoms with Crippen molar-refractivity contribution >= 4 is 39.9 Å². The van der Waals surface area contributed by atoms with E-state index in [1.807, 2.05) is 0 Å². The standard InChI is InChI=1S/C21H14ClFN4O2/c22-13-5-11-16(12-6-13)27-20(28)18-4-2-1-3-17(18)19(26-27)25-21(29)24-15-9-7-14(23)8-10-15/h1-12H,(H2,24,25,26,29). The Bertz CT molecular complexity index is 1250. The van der Waals surface area contributed by atoms with Crippen molar-refractivity contribution in [1.82, 2.24) is 9.78 Å². The van der Waals surface area contributed by atoms with Crippen LogP contribution in [0.15, 0.2) is 77.6 Å². The van der Waals surface area contributed by atoms with Crippen molar-refractivity contribution in [3.63, 3.8) is 0 Å². The van der Waals surface area contributed by atoms with Crippen LogP contribution in [0.4, 0.5) is 20.7 Å². The fourth-order valence-electron chi connectivity index (χ4n) is 2.84. The zero-order valence-corrected chi connectivity index (χ0v) is 15.7. The first-order chi connectivity index (χ1) is 14.0. The van der Waals surface area contributed by atoms with Crippen molar-refractivity contribution in [3.05, 3.63) is 94.0 Å². The van der Waals surface area contributed by atoms with E-state index in [1.54, 1.807) is 48.5 Å². The minimum atomic E-state index is -0.574. The maximum atomic E-state index is 13.0. The normalized spacial score (nSPS) is 10.7. The first-order valence-corrected chi connectivity index (χ1v) is 9.01. The Morgan fingerprint density at radius 1 is 0.897 bits per heavy atom. The molecule has 1 heterocycles. The number of nitrogens with zero attached hydrogens (tertiary/aromatic N) is 2. The Labute approximate surface area is 169 Å². The number of carbonyl (C=O) groups is 1. The first-order valence-electron chi connectivity index (χ1n) is 8.63. The number of amides is 2. The smallest absolute Gasteiger partial charge is 0.308 e. The van der Waals surface area contributed by atoms with Gasteiger partial charge in [-0.2, -0.15) is 4.68 Å². The molecule has 0 atom stereocenters. The van der Waals surface area contributed by atoms with Crippen LogP contribution in [0.1, 0.15) is 0 Å². The highest BCUT2D eigenvalue weighted by molar-refractivity contribution is 6.30. The number of nitrogens with one attached hydrogen (secondary N) is 2. The molecule has 144 valence electrons. The average Bonchev–Trinajstić information content (AvgIpc) is 2.73. The van der Waals surface area contributed by atoms with E-state index < -0.39 is 11.8 Å². The van der Waals surface area contributed by atoms with Crippen LogP contribution in [0.5, 0.6) is 0 Å². The monoisotopic (exact) mass is 408 g/mol. The minimum absolute atomic E-state index is 0.203. The highest BCUT2D eigenvalue weighted by Gasteiger charge is 2.14. The van der Waals surface area contributed by atoms with Crippen molar-refractivity contribution in [3.8, 4) is 5.69 Å². The molecule has 4 rings (SSSR count). The highest BCUT2D eigenvalue weighted by Crippen LogP contribution is 2.20. The van der Waals surface area contributed by atoms with E-state index in [1.165, 1.54) is 28.9 Å². The molecular formula is C21H14ClFN4O2. The third kappa shape index (κ3) is 3.95. The lowest BCUT2D eigenvalue weighted by Crippen LogP contribution is -2.26. The van der Waals surface area contributed by atoms with Gasteiger partial charge in [0.25, 0.3) is 5.56 Å². The van der Waals surface area contributed by atoms with E-state index in [0.29, 0.717) is 27.2 Å². The summed E-state index contributed by atoms with van der Waals surface area (Å²) in [4.78, 5) is 25.3. The van der Waals surface area contributed by atoms with Gasteiger partial charge in [-0.25, -0.2) is 9.18 Å². The van der Waals surface area contributed by atoms with Crippen LogP contribution in [0.25, 0.3) is 16.5 Å². The fraction of sp³-hybridized carbons (Fsp3) is 0. The number of benzene rings is 3. The Balaban J connectivity index is 1.74. The second kappa shape index (κ2) is 7.73. The van der Waals surface area contributed by atoms with E-state index in [0.717, 1.165) is 0 Å². The highest BCUT2D eigenvalue weighted by atomic mass is 35.5. The molecule has 6 nitrogen and oxygen atoms in total. The molecule has 0 fully saturated rings. The van der Waals surface area contributed by atoms with Crippen molar-refractivity contribution in [1.29, 1.82) is 0 Å². The maximum absolute atomic E-state index is 13.0. The van der Waals surface area contributed by atoms with Crippen molar-refractivity contribution in [2.75, 3.05) is 10.6 Å². The number of rotatable bonds is 3. The maximum Gasteiger partial charge on any atom is 0.324 e. The van der Waals surface area contributed by atoms with Crippen LogP contribution in [-0.2, 0) is 0 Å². The number of hydrogen-bond donors (Lipinski definition) is 2. The summed E-state index contributed by atoms with van der Waals surface area (Å²) >= 11 is 5.92. The molecule has 0 unspecified atom stereocenters. The van der Waals surface area contributed by atoms with Crippen LogP contribution < -0.4 is 16.2 Å². The molecule has 8 heteroatoms. The summed E-state index contributed by atoms with van der Waals surface area (Å²) in [5.74, 6) is -0.201. The number of anilines is 2. The molecule has 0 saturated carbocycles. The molecule has 4 aromatic rings. The van der Waals surface area contributed by atoms with Gasteiger partial charge in [-0.15, -0.1) is 5.10 Å². The van der Waals surface area contributed by atoms with E-state index in [-0.39, 0.29) is 11.4 Å². The predicted molar refractivity (Wildman–Crippen MR) is 111 cm³/mol. The summed E-state index contributed by atoms with van der Waals surface area (Å²) < 4.78 is 14.2. The number of aromatic nitrogens is 2. The fourth-order valence-corrected chi connectivity index (χ4v) is 2.97. The minimum Gasteiger partial charge on any atom is -0.308 e. The number of hydrogen-bond acceptors (Lipinski definition) is 3. The molecule has 2 N–H and O–H groups in total. The molecule has 0 aliphatic heterocycles. The van der Waals surface area contributed by atoms with Crippen molar-refractivity contribution in [2.45, 2.75) is 0 Å². The van der Waals surface area contributed by atoms with Gasteiger partial charge in [0.15, 0.2) is 5.82 Å². The van der Waals surface area contributed by atoms with Crippen LogP contribution in [0.3, 0.4) is 0 Å². The molecule has 29 heavy (non-hydrogen) atoms. The number of urea groups is 1. The summed E-state index contributed by atoms with van der Waals surface area (Å²) in [6.07, 6.45) is 0. The van der Waals surface area contributed by atoms with Crippen LogP contribution in [-0.4, -0.2) is 15.8 Å². The second-order valence-electron chi connectivity index (χ2n) is 6.17. The van der Waals surface area contributed by atoms with Crippen molar-refractivity contribution < 1.29 is 9.18 Å². The number of fused-ring (bicyclic) bond motifs is 1. The summed E-state index contributed by atoms with van der Waals surface area (Å²) in [5, 5.41) is 11.0. The van der Waals surface area contributed by atoms with Gasteiger partial charge < -0.3 is 5.32 Å². The molecule has 0 aliphatic carbocycles. The molecule has 0 bridgehead atoms. The molecular weight excluding hydrogens is 395 g/mol. The SMILES string of the molecule is O=C(Nc1ccc(F)cc1)Nc1nn(-c2ccc(Cl)cc2)c(=O)c2ccccc12. The second-order valence-corrected chi connectivity index (χ2v) is 6.61. The third-order valence-corrected chi connectivity index (χ3v) is 4.46. The van der Waals surface area contributed by atoms with Crippen LogP contribution in [0, 0.1) is 5.82 Å². The zero-order chi connectivity index (χ0) is 20.4. The van der Waals surface area contributed by atoms with Crippen molar-refractivity contribution in [2.24, 2.45) is 0 Å². The van der Waals surface area contributed by atoms with Gasteiger partial charge in [0.1, 0.15) is 5.82 Å². The number of halogens is 2. The predicted octanol–water partition coefficient (Wildman–Crippen LogP) is 4.82. The molecule has 2 amide bonds. The quantitative estimate of drug-likeness (QED) is 0.510. The Morgan fingerprint density at radius 2 is 1.55 bits per heavy atom. The van der Waals surface area contributed by atoms with Gasteiger partial charge >= 0.3 is 6.03 Å². The summed E-state index contributed by atoms with van der Waals surface area (Å²) in [7, 11) is 0. The van der Waals surface area contributed by atoms with Gasteiger partial charge in [-0.3, -0.25) is 10.1 Å². The summed E-state index contributed by atoms with van der Waals surface area (Å²) in [6, 6.07) is 18.2. The Hall–Kier alpha value is -3.71. The average molecular weight is 409 g/mol.